The molecule has 0 spiro atoms. The lowest BCUT2D eigenvalue weighted by Gasteiger charge is -2.33. The van der Waals surface area contributed by atoms with Crippen molar-refractivity contribution in [1.82, 2.24) is 14.7 Å². The number of carbonyl (C=O) groups is 2. The van der Waals surface area contributed by atoms with Gasteiger partial charge >= 0.3 is 0 Å². The molecule has 2 aliphatic rings. The summed E-state index contributed by atoms with van der Waals surface area (Å²) in [6.07, 6.45) is 2.81. The highest BCUT2D eigenvalue weighted by atomic mass is 32.2. The highest BCUT2D eigenvalue weighted by Crippen LogP contribution is 2.21. The number of carbonyl (C=O) groups excluding carboxylic acids is 2. The monoisotopic (exact) mass is 403 g/mol. The molecule has 154 valence electrons. The predicted octanol–water partition coefficient (Wildman–Crippen LogP) is 2.77. The first kappa shape index (κ1) is 21.2. The molecule has 2 amide bonds. The van der Waals surface area contributed by atoms with Gasteiger partial charge in [0.05, 0.1) is 12.6 Å². The highest BCUT2D eigenvalue weighted by molar-refractivity contribution is 7.99. The third kappa shape index (κ3) is 5.51. The van der Waals surface area contributed by atoms with Crippen LogP contribution in [0.25, 0.3) is 0 Å². The Labute approximate surface area is 173 Å². The molecule has 0 radical (unpaired) electrons. The lowest BCUT2D eigenvalue weighted by atomic mass is 10.1. The minimum atomic E-state index is -0.116. The third-order valence-corrected chi connectivity index (χ3v) is 6.59. The van der Waals surface area contributed by atoms with Gasteiger partial charge in [-0.3, -0.25) is 14.5 Å². The van der Waals surface area contributed by atoms with E-state index in [2.05, 4.69) is 43.0 Å². The van der Waals surface area contributed by atoms with Crippen molar-refractivity contribution in [2.45, 2.75) is 45.7 Å². The van der Waals surface area contributed by atoms with Crippen molar-refractivity contribution in [3.8, 4) is 0 Å². The summed E-state index contributed by atoms with van der Waals surface area (Å²) in [4.78, 5) is 32.1. The molecular weight excluding hydrogens is 370 g/mol. The Morgan fingerprint density at radius 2 is 1.86 bits per heavy atom. The molecule has 1 aromatic rings. The van der Waals surface area contributed by atoms with E-state index in [4.69, 9.17) is 0 Å². The fourth-order valence-electron chi connectivity index (χ4n) is 4.04. The van der Waals surface area contributed by atoms with Gasteiger partial charge in [0.2, 0.25) is 11.8 Å². The van der Waals surface area contributed by atoms with Gasteiger partial charge in [-0.25, -0.2) is 0 Å². The topological polar surface area (TPSA) is 43.9 Å². The molecule has 0 N–H and O–H groups in total. The molecule has 28 heavy (non-hydrogen) atoms. The first-order chi connectivity index (χ1) is 13.6. The molecule has 2 aliphatic heterocycles. The standard InChI is InChI=1S/C22H33N3O2S/c1-3-10-25(16-19-8-6-18(2)7-9-19)21(26)17-24-11-4-5-20(24)22(27)23-12-14-28-15-13-23/h6-9,20H,3-5,10-17H2,1-2H3. The summed E-state index contributed by atoms with van der Waals surface area (Å²) in [5, 5.41) is 0. The Kier molecular flexibility index (Phi) is 7.80. The highest BCUT2D eigenvalue weighted by Gasteiger charge is 2.35. The first-order valence-electron chi connectivity index (χ1n) is 10.5. The maximum atomic E-state index is 13.1. The molecule has 0 aliphatic carbocycles. The molecule has 0 saturated carbocycles. The number of hydrogen-bond acceptors (Lipinski definition) is 4. The van der Waals surface area contributed by atoms with E-state index in [1.807, 2.05) is 21.6 Å². The molecular formula is C22H33N3O2S. The van der Waals surface area contributed by atoms with Crippen molar-refractivity contribution in [1.29, 1.82) is 0 Å². The number of benzene rings is 1. The SMILES string of the molecule is CCCN(Cc1ccc(C)cc1)C(=O)CN1CCCC1C(=O)N1CCSCC1. The fraction of sp³-hybridized carbons (Fsp3) is 0.636. The minimum absolute atomic E-state index is 0.116. The Balaban J connectivity index is 1.61. The van der Waals surface area contributed by atoms with Gasteiger partial charge in [0.15, 0.2) is 0 Å². The van der Waals surface area contributed by atoms with Crippen molar-refractivity contribution >= 4 is 23.6 Å². The number of amides is 2. The minimum Gasteiger partial charge on any atom is -0.340 e. The summed E-state index contributed by atoms with van der Waals surface area (Å²) in [5.74, 6) is 2.42. The average Bonchev–Trinajstić information content (AvgIpc) is 3.17. The van der Waals surface area contributed by atoms with Gasteiger partial charge in [0.25, 0.3) is 0 Å². The van der Waals surface area contributed by atoms with Crippen LogP contribution in [-0.2, 0) is 16.1 Å². The summed E-state index contributed by atoms with van der Waals surface area (Å²) in [5.41, 5.74) is 2.39. The van der Waals surface area contributed by atoms with Crippen LogP contribution in [0.3, 0.4) is 0 Å². The molecule has 0 aromatic heterocycles. The number of aryl methyl sites for hydroxylation is 1. The van der Waals surface area contributed by atoms with Gasteiger partial charge in [0.1, 0.15) is 0 Å². The first-order valence-corrected chi connectivity index (χ1v) is 11.7. The van der Waals surface area contributed by atoms with Gasteiger partial charge in [0, 0.05) is 37.7 Å². The Morgan fingerprint density at radius 3 is 2.54 bits per heavy atom. The lowest BCUT2D eigenvalue weighted by Crippen LogP contribution is -2.50. The van der Waals surface area contributed by atoms with Gasteiger partial charge in [-0.1, -0.05) is 36.8 Å². The Hall–Kier alpha value is -1.53. The van der Waals surface area contributed by atoms with E-state index in [9.17, 15) is 9.59 Å². The number of thioether (sulfide) groups is 1. The van der Waals surface area contributed by atoms with Gasteiger partial charge in [-0.15, -0.1) is 0 Å². The number of likely N-dealkylation sites (tertiary alicyclic amines) is 1. The molecule has 5 nitrogen and oxygen atoms in total. The maximum Gasteiger partial charge on any atom is 0.239 e. The number of hydrogen-bond donors (Lipinski definition) is 0. The third-order valence-electron chi connectivity index (χ3n) is 5.65. The van der Waals surface area contributed by atoms with E-state index in [1.165, 1.54) is 5.56 Å². The van der Waals surface area contributed by atoms with Crippen LogP contribution >= 0.6 is 11.8 Å². The largest absolute Gasteiger partial charge is 0.340 e. The molecule has 3 rings (SSSR count). The molecule has 6 heteroatoms. The smallest absolute Gasteiger partial charge is 0.239 e. The summed E-state index contributed by atoms with van der Waals surface area (Å²) in [7, 11) is 0. The average molecular weight is 404 g/mol. The molecule has 1 atom stereocenters. The summed E-state index contributed by atoms with van der Waals surface area (Å²) >= 11 is 1.91. The van der Waals surface area contributed by atoms with Crippen LogP contribution in [0.15, 0.2) is 24.3 Å². The summed E-state index contributed by atoms with van der Waals surface area (Å²) in [6, 6.07) is 8.27. The zero-order chi connectivity index (χ0) is 19.9. The van der Waals surface area contributed by atoms with Crippen molar-refractivity contribution < 1.29 is 9.59 Å². The number of nitrogens with zero attached hydrogens (tertiary/aromatic N) is 3. The zero-order valence-corrected chi connectivity index (χ0v) is 18.0. The van der Waals surface area contributed by atoms with Crippen LogP contribution in [0, 0.1) is 6.92 Å². The predicted molar refractivity (Wildman–Crippen MR) is 115 cm³/mol. The van der Waals surface area contributed by atoms with Crippen LogP contribution in [0.1, 0.15) is 37.3 Å². The maximum absolute atomic E-state index is 13.1. The molecule has 2 heterocycles. The van der Waals surface area contributed by atoms with Gasteiger partial charge in [-0.2, -0.15) is 11.8 Å². The van der Waals surface area contributed by atoms with Crippen molar-refractivity contribution in [3.05, 3.63) is 35.4 Å². The van der Waals surface area contributed by atoms with E-state index >= 15 is 0 Å². The van der Waals surface area contributed by atoms with E-state index < -0.39 is 0 Å². The van der Waals surface area contributed by atoms with E-state index in [0.717, 1.165) is 62.5 Å². The van der Waals surface area contributed by atoms with Crippen LogP contribution in [0.2, 0.25) is 0 Å². The zero-order valence-electron chi connectivity index (χ0n) is 17.2. The molecule has 0 bridgehead atoms. The second kappa shape index (κ2) is 10.3. The fourth-order valence-corrected chi connectivity index (χ4v) is 4.94. The van der Waals surface area contributed by atoms with Crippen LogP contribution in [0.4, 0.5) is 0 Å². The second-order valence-corrected chi connectivity index (χ2v) is 9.09. The second-order valence-electron chi connectivity index (χ2n) is 7.87. The van der Waals surface area contributed by atoms with Crippen LogP contribution in [0.5, 0.6) is 0 Å². The van der Waals surface area contributed by atoms with Crippen molar-refractivity contribution in [2.75, 3.05) is 44.2 Å². The Bertz CT molecular complexity index is 658. The Morgan fingerprint density at radius 1 is 1.14 bits per heavy atom. The van der Waals surface area contributed by atoms with Crippen molar-refractivity contribution in [2.24, 2.45) is 0 Å². The molecule has 2 fully saturated rings. The van der Waals surface area contributed by atoms with E-state index in [-0.39, 0.29) is 17.9 Å². The number of rotatable bonds is 7. The molecule has 1 unspecified atom stereocenters. The normalized spacial score (nSPS) is 20.4. The summed E-state index contributed by atoms with van der Waals surface area (Å²) in [6.45, 7) is 8.45. The van der Waals surface area contributed by atoms with Gasteiger partial charge < -0.3 is 9.80 Å². The molecule has 2 saturated heterocycles. The van der Waals surface area contributed by atoms with E-state index in [1.54, 1.807) is 0 Å². The van der Waals surface area contributed by atoms with Crippen LogP contribution in [-0.4, -0.2) is 76.8 Å². The van der Waals surface area contributed by atoms with Crippen LogP contribution < -0.4 is 0 Å². The summed E-state index contributed by atoms with van der Waals surface area (Å²) < 4.78 is 0. The van der Waals surface area contributed by atoms with Crippen molar-refractivity contribution in [3.63, 3.8) is 0 Å². The quantitative estimate of drug-likeness (QED) is 0.702. The lowest BCUT2D eigenvalue weighted by molar-refractivity contribution is -0.138. The van der Waals surface area contributed by atoms with Gasteiger partial charge in [-0.05, 0) is 38.3 Å². The molecule has 1 aromatic carbocycles. The van der Waals surface area contributed by atoms with E-state index in [0.29, 0.717) is 13.1 Å².